The van der Waals surface area contributed by atoms with E-state index in [2.05, 4.69) is 43.0 Å². The molecule has 2 rings (SSSR count). The molecule has 2 aromatic rings. The molecule has 7 heteroatoms. The molecule has 0 unspecified atom stereocenters. The maximum absolute atomic E-state index is 10.8. The van der Waals surface area contributed by atoms with E-state index in [9.17, 15) is 4.79 Å². The third-order valence-electron chi connectivity index (χ3n) is 2.50. The molecule has 0 aromatic carbocycles. The van der Waals surface area contributed by atoms with Crippen molar-refractivity contribution in [2.75, 3.05) is 13.2 Å². The molecule has 130 valence electrons. The van der Waals surface area contributed by atoms with Gasteiger partial charge in [-0.1, -0.05) is 27.7 Å². The van der Waals surface area contributed by atoms with Crippen LogP contribution in [0.2, 0.25) is 0 Å². The first kappa shape index (κ1) is 18.7. The Morgan fingerprint density at radius 1 is 1.22 bits per heavy atom. The fourth-order valence-corrected chi connectivity index (χ4v) is 1.39. The second-order valence-corrected chi connectivity index (χ2v) is 5.95. The zero-order valence-electron chi connectivity index (χ0n) is 14.4. The van der Waals surface area contributed by atoms with Gasteiger partial charge in [-0.3, -0.25) is 4.79 Å². The van der Waals surface area contributed by atoms with Gasteiger partial charge in [0.15, 0.2) is 0 Å². The normalized spacial score (nSPS) is 10.4. The van der Waals surface area contributed by atoms with Crippen molar-refractivity contribution < 1.29 is 15.7 Å². The average molecular weight is 324 g/mol. The first-order valence-corrected chi connectivity index (χ1v) is 7.70. The maximum atomic E-state index is 10.8. The summed E-state index contributed by atoms with van der Waals surface area (Å²) in [6.45, 7) is 11.1. The SMILES string of the molecule is CC(=O)n1ccc(OCC(C)C)n1.CC(C)COc1ccn[nH]1.[HH]. The molecule has 2 aromatic heterocycles. The van der Waals surface area contributed by atoms with Crippen LogP contribution in [0.5, 0.6) is 11.8 Å². The summed E-state index contributed by atoms with van der Waals surface area (Å²) in [5.41, 5.74) is 0. The summed E-state index contributed by atoms with van der Waals surface area (Å²) in [6.07, 6.45) is 3.27. The Bertz CT molecular complexity index is 568. The largest absolute Gasteiger partial charge is 0.478 e. The van der Waals surface area contributed by atoms with Crippen LogP contribution in [0.1, 0.15) is 40.8 Å². The second kappa shape index (κ2) is 9.66. The van der Waals surface area contributed by atoms with Crippen molar-refractivity contribution in [3.05, 3.63) is 24.5 Å². The summed E-state index contributed by atoms with van der Waals surface area (Å²) < 4.78 is 11.9. The number of ether oxygens (including phenoxy) is 2. The third kappa shape index (κ3) is 8.04. The number of rotatable bonds is 6. The van der Waals surface area contributed by atoms with Crippen molar-refractivity contribution in [3.8, 4) is 11.8 Å². The molecular formula is C16H28N4O3. The van der Waals surface area contributed by atoms with E-state index in [-0.39, 0.29) is 7.33 Å². The molecule has 0 aliphatic heterocycles. The van der Waals surface area contributed by atoms with Gasteiger partial charge in [0, 0.05) is 26.7 Å². The van der Waals surface area contributed by atoms with E-state index in [1.807, 2.05) is 6.07 Å². The maximum Gasteiger partial charge on any atom is 0.243 e. The van der Waals surface area contributed by atoms with Crippen molar-refractivity contribution in [3.63, 3.8) is 0 Å². The van der Waals surface area contributed by atoms with Crippen LogP contribution < -0.4 is 9.47 Å². The van der Waals surface area contributed by atoms with Crippen LogP contribution in [0.25, 0.3) is 0 Å². The minimum atomic E-state index is -0.112. The highest BCUT2D eigenvalue weighted by Gasteiger charge is 2.03. The average Bonchev–Trinajstić information content (AvgIpc) is 3.15. The van der Waals surface area contributed by atoms with Crippen LogP contribution in [-0.4, -0.2) is 39.1 Å². The van der Waals surface area contributed by atoms with Crippen molar-refractivity contribution in [2.45, 2.75) is 34.6 Å². The monoisotopic (exact) mass is 324 g/mol. The van der Waals surface area contributed by atoms with Crippen LogP contribution in [0.3, 0.4) is 0 Å². The number of aromatic amines is 1. The van der Waals surface area contributed by atoms with Crippen LogP contribution in [0.4, 0.5) is 0 Å². The third-order valence-corrected chi connectivity index (χ3v) is 2.50. The van der Waals surface area contributed by atoms with Crippen molar-refractivity contribution in [1.29, 1.82) is 0 Å². The molecule has 0 saturated heterocycles. The van der Waals surface area contributed by atoms with E-state index in [1.165, 1.54) is 11.6 Å². The zero-order valence-corrected chi connectivity index (χ0v) is 14.4. The summed E-state index contributed by atoms with van der Waals surface area (Å²) in [6, 6.07) is 3.49. The summed E-state index contributed by atoms with van der Waals surface area (Å²) in [5.74, 6) is 2.16. The van der Waals surface area contributed by atoms with Gasteiger partial charge in [0.05, 0.1) is 19.4 Å². The molecule has 0 aliphatic carbocycles. The Balaban J connectivity index is 0.000000436. The lowest BCUT2D eigenvalue weighted by Gasteiger charge is -2.04. The second-order valence-electron chi connectivity index (χ2n) is 5.95. The highest BCUT2D eigenvalue weighted by atomic mass is 16.5. The molecule has 0 amide bonds. The number of H-pyrrole nitrogens is 1. The smallest absolute Gasteiger partial charge is 0.243 e. The Morgan fingerprint density at radius 2 is 1.87 bits per heavy atom. The first-order chi connectivity index (χ1) is 10.9. The lowest BCUT2D eigenvalue weighted by Crippen LogP contribution is -2.08. The Labute approximate surface area is 138 Å². The van der Waals surface area contributed by atoms with E-state index < -0.39 is 0 Å². The number of carbonyl (C=O) groups excluding carboxylic acids is 1. The lowest BCUT2D eigenvalue weighted by atomic mass is 10.2. The van der Waals surface area contributed by atoms with Gasteiger partial charge in [0.25, 0.3) is 0 Å². The van der Waals surface area contributed by atoms with Crippen LogP contribution >= 0.6 is 0 Å². The molecule has 0 bridgehead atoms. The summed E-state index contributed by atoms with van der Waals surface area (Å²) in [5, 5.41) is 10.4. The number of hydrogen-bond acceptors (Lipinski definition) is 5. The van der Waals surface area contributed by atoms with E-state index in [4.69, 9.17) is 9.47 Å². The van der Waals surface area contributed by atoms with Gasteiger partial charge >= 0.3 is 0 Å². The topological polar surface area (TPSA) is 82.0 Å². The minimum absolute atomic E-state index is 0. The molecule has 0 fully saturated rings. The highest BCUT2D eigenvalue weighted by Crippen LogP contribution is 2.07. The molecule has 1 N–H and O–H groups in total. The number of aromatic nitrogens is 4. The number of hydrogen-bond donors (Lipinski definition) is 1. The molecule has 7 nitrogen and oxygen atoms in total. The van der Waals surface area contributed by atoms with E-state index in [0.29, 0.717) is 24.3 Å². The first-order valence-electron chi connectivity index (χ1n) is 7.70. The van der Waals surface area contributed by atoms with Gasteiger partial charge in [0.2, 0.25) is 17.7 Å². The van der Waals surface area contributed by atoms with Crippen LogP contribution in [0, 0.1) is 11.8 Å². The lowest BCUT2D eigenvalue weighted by molar-refractivity contribution is 0.0918. The molecule has 0 radical (unpaired) electrons. The van der Waals surface area contributed by atoms with Gasteiger partial charge in [0.1, 0.15) is 0 Å². The summed E-state index contributed by atoms with van der Waals surface area (Å²) in [4.78, 5) is 10.8. The summed E-state index contributed by atoms with van der Waals surface area (Å²) >= 11 is 0. The number of nitrogens with one attached hydrogen (secondary N) is 1. The highest BCUT2D eigenvalue weighted by molar-refractivity contribution is 5.75. The van der Waals surface area contributed by atoms with Crippen molar-refractivity contribution in [1.82, 2.24) is 20.0 Å². The Morgan fingerprint density at radius 3 is 2.35 bits per heavy atom. The number of carbonyl (C=O) groups is 1. The fraction of sp³-hybridized carbons (Fsp3) is 0.562. The van der Waals surface area contributed by atoms with Gasteiger partial charge < -0.3 is 9.47 Å². The molecular weight excluding hydrogens is 296 g/mol. The van der Waals surface area contributed by atoms with Gasteiger partial charge in [-0.25, -0.2) is 9.78 Å². The Hall–Kier alpha value is -2.31. The van der Waals surface area contributed by atoms with E-state index in [1.54, 1.807) is 18.5 Å². The molecule has 0 atom stereocenters. The van der Waals surface area contributed by atoms with Gasteiger partial charge in [-0.2, -0.15) is 5.10 Å². The quantitative estimate of drug-likeness (QED) is 0.882. The minimum Gasteiger partial charge on any atom is -0.478 e. The van der Waals surface area contributed by atoms with Crippen molar-refractivity contribution >= 4 is 5.91 Å². The van der Waals surface area contributed by atoms with Crippen molar-refractivity contribution in [2.24, 2.45) is 11.8 Å². The predicted molar refractivity (Wildman–Crippen MR) is 89.9 cm³/mol. The van der Waals surface area contributed by atoms with Gasteiger partial charge in [-0.05, 0) is 11.8 Å². The van der Waals surface area contributed by atoms with Crippen LogP contribution in [0.15, 0.2) is 24.5 Å². The van der Waals surface area contributed by atoms with Crippen LogP contribution in [-0.2, 0) is 0 Å². The van der Waals surface area contributed by atoms with Gasteiger partial charge in [-0.15, -0.1) is 5.10 Å². The Kier molecular flexibility index (Phi) is 7.87. The number of nitrogens with zero attached hydrogens (tertiary/aromatic N) is 3. The van der Waals surface area contributed by atoms with E-state index >= 15 is 0 Å². The molecule has 23 heavy (non-hydrogen) atoms. The molecule has 2 heterocycles. The molecule has 0 spiro atoms. The van der Waals surface area contributed by atoms with E-state index in [0.717, 1.165) is 12.5 Å². The standard InChI is InChI=1S/C9H14N2O2.C7H12N2O.H2/c1-7(2)6-13-9-4-5-11(10-9)8(3)12;1-6(2)5-10-7-3-4-8-9-7;/h4-5,7H,6H2,1-3H3;3-4,6H,5H2,1-2H3,(H,8,9);1H. The molecule has 0 saturated carbocycles. The zero-order chi connectivity index (χ0) is 17.2. The predicted octanol–water partition coefficient (Wildman–Crippen LogP) is 3.27. The summed E-state index contributed by atoms with van der Waals surface area (Å²) in [7, 11) is 0. The molecule has 0 aliphatic rings. The fourth-order valence-electron chi connectivity index (χ4n) is 1.39.